The van der Waals surface area contributed by atoms with Gasteiger partial charge in [-0.25, -0.2) is 14.2 Å². The SMILES string of the molecule is CN(c1ccc(Oc2ccc(C[C@H]3COC(=O)N3C)cc2)c(F)c1)c1ccc(C(F)(F)F)cn1. The van der Waals surface area contributed by atoms with Crippen molar-refractivity contribution < 1.29 is 31.8 Å². The monoisotopic (exact) mass is 475 g/mol. The number of alkyl halides is 3. The number of hydrogen-bond acceptors (Lipinski definition) is 5. The van der Waals surface area contributed by atoms with Crippen molar-refractivity contribution in [2.24, 2.45) is 0 Å². The van der Waals surface area contributed by atoms with Crippen LogP contribution < -0.4 is 9.64 Å². The molecule has 1 saturated heterocycles. The minimum absolute atomic E-state index is 0.000184. The van der Waals surface area contributed by atoms with Crippen molar-refractivity contribution in [1.29, 1.82) is 0 Å². The summed E-state index contributed by atoms with van der Waals surface area (Å²) in [5, 5.41) is 0. The summed E-state index contributed by atoms with van der Waals surface area (Å²) < 4.78 is 63.5. The van der Waals surface area contributed by atoms with Crippen molar-refractivity contribution in [3.05, 3.63) is 77.7 Å². The molecule has 2 aromatic carbocycles. The van der Waals surface area contributed by atoms with Gasteiger partial charge in [0.25, 0.3) is 0 Å². The number of carbonyl (C=O) groups excluding carboxylic acids is 1. The molecule has 0 spiro atoms. The zero-order chi connectivity index (χ0) is 24.5. The number of aromatic nitrogens is 1. The van der Waals surface area contributed by atoms with E-state index in [0.29, 0.717) is 24.5 Å². The molecular weight excluding hydrogens is 454 g/mol. The number of amides is 1. The van der Waals surface area contributed by atoms with Gasteiger partial charge in [0.15, 0.2) is 11.6 Å². The highest BCUT2D eigenvalue weighted by molar-refractivity contribution is 5.69. The molecule has 178 valence electrons. The van der Waals surface area contributed by atoms with Crippen molar-refractivity contribution in [3.63, 3.8) is 0 Å². The topological polar surface area (TPSA) is 54.9 Å². The van der Waals surface area contributed by atoms with Gasteiger partial charge in [-0.15, -0.1) is 0 Å². The van der Waals surface area contributed by atoms with Crippen LogP contribution >= 0.6 is 0 Å². The maximum atomic E-state index is 14.7. The van der Waals surface area contributed by atoms with Crippen molar-refractivity contribution in [2.45, 2.75) is 18.6 Å². The van der Waals surface area contributed by atoms with E-state index in [1.165, 1.54) is 23.1 Å². The predicted molar refractivity (Wildman–Crippen MR) is 117 cm³/mol. The molecule has 0 radical (unpaired) electrons. The Morgan fingerprint density at radius 3 is 2.44 bits per heavy atom. The quantitative estimate of drug-likeness (QED) is 0.422. The average Bonchev–Trinajstić information content (AvgIpc) is 3.13. The number of rotatable bonds is 6. The summed E-state index contributed by atoms with van der Waals surface area (Å²) in [7, 11) is 3.26. The lowest BCUT2D eigenvalue weighted by Crippen LogP contribution is -2.30. The number of pyridine rings is 1. The Bertz CT molecular complexity index is 1170. The van der Waals surface area contributed by atoms with Gasteiger partial charge in [-0.1, -0.05) is 12.1 Å². The lowest BCUT2D eigenvalue weighted by molar-refractivity contribution is -0.137. The number of benzene rings is 2. The third-order valence-electron chi connectivity index (χ3n) is 5.58. The number of likely N-dealkylation sites (N-methyl/N-ethyl adjacent to an activating group) is 1. The van der Waals surface area contributed by atoms with Gasteiger partial charge < -0.3 is 19.3 Å². The Hall–Kier alpha value is -3.82. The highest BCUT2D eigenvalue weighted by Crippen LogP contribution is 2.32. The number of carbonyl (C=O) groups is 1. The van der Waals surface area contributed by atoms with Crippen LogP contribution in [0.2, 0.25) is 0 Å². The van der Waals surface area contributed by atoms with E-state index in [9.17, 15) is 22.4 Å². The van der Waals surface area contributed by atoms with Gasteiger partial charge in [0.1, 0.15) is 18.2 Å². The minimum atomic E-state index is -4.48. The normalized spacial score (nSPS) is 15.9. The summed E-state index contributed by atoms with van der Waals surface area (Å²) in [5.41, 5.74) is 0.511. The van der Waals surface area contributed by atoms with Gasteiger partial charge in [-0.3, -0.25) is 0 Å². The molecule has 1 aromatic heterocycles. The molecule has 1 aliphatic heterocycles. The molecule has 1 fully saturated rings. The number of ether oxygens (including phenoxy) is 2. The molecule has 0 aliphatic carbocycles. The second kappa shape index (κ2) is 9.20. The van der Waals surface area contributed by atoms with Gasteiger partial charge in [-0.05, 0) is 48.4 Å². The van der Waals surface area contributed by atoms with Gasteiger partial charge in [0.05, 0.1) is 11.6 Å². The van der Waals surface area contributed by atoms with Crippen LogP contribution in [0.5, 0.6) is 11.5 Å². The first kappa shape index (κ1) is 23.3. The summed E-state index contributed by atoms with van der Waals surface area (Å²) in [4.78, 5) is 18.3. The second-order valence-corrected chi connectivity index (χ2v) is 7.87. The molecule has 2 heterocycles. The summed E-state index contributed by atoms with van der Waals surface area (Å²) >= 11 is 0. The second-order valence-electron chi connectivity index (χ2n) is 7.87. The molecular formula is C24H21F4N3O3. The maximum Gasteiger partial charge on any atom is 0.417 e. The first-order valence-corrected chi connectivity index (χ1v) is 10.3. The Labute approximate surface area is 193 Å². The van der Waals surface area contributed by atoms with Crippen molar-refractivity contribution >= 4 is 17.6 Å². The standard InChI is InChI=1S/C24H21F4N3O3/c1-30(22-10-5-16(13-29-22)24(26,27)28)17-6-9-21(20(25)12-17)34-19-7-3-15(4-8-19)11-18-14-33-23(32)31(18)2/h3-10,12-13,18H,11,14H2,1-2H3/t18-/m0/s1. The van der Waals surface area contributed by atoms with Crippen LogP contribution in [0.1, 0.15) is 11.1 Å². The van der Waals surface area contributed by atoms with E-state index >= 15 is 0 Å². The van der Waals surface area contributed by atoms with Gasteiger partial charge in [-0.2, -0.15) is 13.2 Å². The smallest absolute Gasteiger partial charge is 0.417 e. The Kier molecular flexibility index (Phi) is 6.32. The van der Waals surface area contributed by atoms with E-state index in [2.05, 4.69) is 4.98 Å². The van der Waals surface area contributed by atoms with E-state index < -0.39 is 17.6 Å². The molecule has 0 unspecified atom stereocenters. The van der Waals surface area contributed by atoms with Crippen molar-refractivity contribution in [3.8, 4) is 11.5 Å². The largest absolute Gasteiger partial charge is 0.454 e. The van der Waals surface area contributed by atoms with E-state index in [0.717, 1.165) is 17.8 Å². The molecule has 3 aromatic rings. The Balaban J connectivity index is 1.41. The van der Waals surface area contributed by atoms with Crippen LogP contribution in [-0.4, -0.2) is 42.7 Å². The summed E-state index contributed by atoms with van der Waals surface area (Å²) in [5.74, 6) is 0.0281. The molecule has 1 aliphatic rings. The van der Waals surface area contributed by atoms with Gasteiger partial charge in [0, 0.05) is 32.0 Å². The lowest BCUT2D eigenvalue weighted by atomic mass is 10.1. The van der Waals surface area contributed by atoms with Crippen molar-refractivity contribution in [1.82, 2.24) is 9.88 Å². The van der Waals surface area contributed by atoms with E-state index in [1.807, 2.05) is 12.1 Å². The van der Waals surface area contributed by atoms with E-state index in [4.69, 9.17) is 9.47 Å². The first-order chi connectivity index (χ1) is 16.1. The average molecular weight is 475 g/mol. The Morgan fingerprint density at radius 2 is 1.88 bits per heavy atom. The van der Waals surface area contributed by atoms with Crippen LogP contribution in [0.15, 0.2) is 60.8 Å². The molecule has 34 heavy (non-hydrogen) atoms. The third kappa shape index (κ3) is 5.05. The van der Waals surface area contributed by atoms with Crippen LogP contribution in [0, 0.1) is 5.82 Å². The van der Waals surface area contributed by atoms with E-state index in [1.54, 1.807) is 37.2 Å². The lowest BCUT2D eigenvalue weighted by Gasteiger charge is -2.19. The summed E-state index contributed by atoms with van der Waals surface area (Å²) in [6, 6.07) is 13.4. The molecule has 4 rings (SSSR count). The number of nitrogens with zero attached hydrogens (tertiary/aromatic N) is 3. The van der Waals surface area contributed by atoms with Gasteiger partial charge >= 0.3 is 12.3 Å². The number of cyclic esters (lactones) is 1. The highest BCUT2D eigenvalue weighted by Gasteiger charge is 2.31. The molecule has 1 amide bonds. The van der Waals surface area contributed by atoms with Gasteiger partial charge in [0.2, 0.25) is 0 Å². The van der Waals surface area contributed by atoms with Crippen LogP contribution in [0.4, 0.5) is 33.9 Å². The first-order valence-electron chi connectivity index (χ1n) is 10.3. The summed E-state index contributed by atoms with van der Waals surface area (Å²) in [6.45, 7) is 0.335. The minimum Gasteiger partial charge on any atom is -0.454 e. The predicted octanol–water partition coefficient (Wildman–Crippen LogP) is 5.79. The molecule has 0 N–H and O–H groups in total. The number of halogens is 4. The van der Waals surface area contributed by atoms with Crippen LogP contribution in [0.25, 0.3) is 0 Å². The number of anilines is 2. The van der Waals surface area contributed by atoms with Crippen LogP contribution in [0.3, 0.4) is 0 Å². The highest BCUT2D eigenvalue weighted by atomic mass is 19.4. The van der Waals surface area contributed by atoms with Crippen LogP contribution in [-0.2, 0) is 17.3 Å². The summed E-state index contributed by atoms with van der Waals surface area (Å²) in [6.07, 6.45) is -3.47. The molecule has 0 bridgehead atoms. The third-order valence-corrected chi connectivity index (χ3v) is 5.58. The molecule has 0 saturated carbocycles. The number of hydrogen-bond donors (Lipinski definition) is 0. The maximum absolute atomic E-state index is 14.7. The molecule has 10 heteroatoms. The Morgan fingerprint density at radius 1 is 1.15 bits per heavy atom. The fraction of sp³-hybridized carbons (Fsp3) is 0.250. The van der Waals surface area contributed by atoms with Crippen molar-refractivity contribution in [2.75, 3.05) is 25.6 Å². The zero-order valence-corrected chi connectivity index (χ0v) is 18.3. The molecule has 1 atom stereocenters. The molecule has 6 nitrogen and oxygen atoms in total. The van der Waals surface area contributed by atoms with E-state index in [-0.39, 0.29) is 23.7 Å². The zero-order valence-electron chi connectivity index (χ0n) is 18.3. The fourth-order valence-corrected chi connectivity index (χ4v) is 3.48. The fourth-order valence-electron chi connectivity index (χ4n) is 3.48.